The smallest absolute Gasteiger partial charge is 0.347 e. The molecule has 1 aromatic carbocycles. The molecular weight excluding hydrogens is 449 g/mol. The minimum absolute atomic E-state index is 0.0359. The molecule has 1 aromatic heterocycles. The molecule has 2 heterocycles. The standard InChI is InChI=1S/C19H17Cl2N5O5/c1-8(2)11-6-15(23-24-18(11)29)31-17-12(20)4-10(5-13(17)21)26-19(30)22-9(3)14(25-26)7-16(27)28/h4-6,8H,3,7H2,1-2H3,(H,22,30)(H,24,29)(H,27,28). The van der Waals surface area contributed by atoms with Crippen molar-refractivity contribution in [3.63, 3.8) is 0 Å². The van der Waals surface area contributed by atoms with Gasteiger partial charge in [0.1, 0.15) is 0 Å². The number of benzene rings is 1. The van der Waals surface area contributed by atoms with Gasteiger partial charge >= 0.3 is 12.0 Å². The van der Waals surface area contributed by atoms with Crippen molar-refractivity contribution in [2.24, 2.45) is 5.10 Å². The number of carbonyl (C=O) groups is 2. The van der Waals surface area contributed by atoms with Crippen LogP contribution in [0.15, 0.2) is 40.4 Å². The van der Waals surface area contributed by atoms with Crippen molar-refractivity contribution in [1.29, 1.82) is 0 Å². The Bertz CT molecular complexity index is 1150. The molecule has 10 nitrogen and oxygen atoms in total. The third-order valence-electron chi connectivity index (χ3n) is 4.20. The maximum atomic E-state index is 12.3. The van der Waals surface area contributed by atoms with Crippen molar-refractivity contribution >= 4 is 46.6 Å². The summed E-state index contributed by atoms with van der Waals surface area (Å²) in [5.74, 6) is -1.07. The van der Waals surface area contributed by atoms with Gasteiger partial charge in [0.15, 0.2) is 5.75 Å². The molecule has 3 rings (SSSR count). The molecule has 0 bridgehead atoms. The number of nitrogens with zero attached hydrogens (tertiary/aromatic N) is 3. The zero-order valence-corrected chi connectivity index (χ0v) is 17.9. The van der Waals surface area contributed by atoms with E-state index in [1.165, 1.54) is 18.2 Å². The molecule has 2 amide bonds. The van der Waals surface area contributed by atoms with Crippen LogP contribution in [0.1, 0.15) is 31.7 Å². The highest BCUT2D eigenvalue weighted by molar-refractivity contribution is 6.37. The molecule has 0 radical (unpaired) electrons. The number of halogens is 2. The van der Waals surface area contributed by atoms with Crippen LogP contribution in [-0.4, -0.2) is 33.0 Å². The van der Waals surface area contributed by atoms with Crippen molar-refractivity contribution in [3.05, 3.63) is 56.4 Å². The zero-order chi connectivity index (χ0) is 22.9. The number of aromatic amines is 1. The number of aliphatic carboxylic acids is 1. The summed E-state index contributed by atoms with van der Waals surface area (Å²) < 4.78 is 5.65. The predicted octanol–water partition coefficient (Wildman–Crippen LogP) is 3.87. The second kappa shape index (κ2) is 8.78. The summed E-state index contributed by atoms with van der Waals surface area (Å²) in [6, 6.07) is 3.56. The van der Waals surface area contributed by atoms with Gasteiger partial charge in [0.05, 0.1) is 33.6 Å². The van der Waals surface area contributed by atoms with E-state index in [2.05, 4.69) is 27.2 Å². The van der Waals surface area contributed by atoms with Crippen molar-refractivity contribution in [2.75, 3.05) is 5.01 Å². The Morgan fingerprint density at radius 3 is 2.48 bits per heavy atom. The first-order chi connectivity index (χ1) is 14.6. The number of allylic oxidation sites excluding steroid dienone is 1. The lowest BCUT2D eigenvalue weighted by Crippen LogP contribution is -2.43. The monoisotopic (exact) mass is 465 g/mol. The minimum Gasteiger partial charge on any atom is -0.481 e. The maximum absolute atomic E-state index is 12.3. The first-order valence-electron chi connectivity index (χ1n) is 8.93. The number of rotatable bonds is 6. The number of ether oxygens (including phenoxy) is 1. The Labute approximate surface area is 186 Å². The van der Waals surface area contributed by atoms with Gasteiger partial charge in [-0.15, -0.1) is 5.10 Å². The quantitative estimate of drug-likeness (QED) is 0.591. The van der Waals surface area contributed by atoms with E-state index in [1.807, 2.05) is 13.8 Å². The van der Waals surface area contributed by atoms with Gasteiger partial charge in [-0.05, 0) is 18.1 Å². The van der Waals surface area contributed by atoms with Gasteiger partial charge < -0.3 is 15.2 Å². The summed E-state index contributed by atoms with van der Waals surface area (Å²) in [5, 5.41) is 22.6. The van der Waals surface area contributed by atoms with Crippen LogP contribution in [0.3, 0.4) is 0 Å². The Morgan fingerprint density at radius 2 is 1.90 bits per heavy atom. The van der Waals surface area contributed by atoms with Gasteiger partial charge in [-0.1, -0.05) is 43.6 Å². The fraction of sp³-hybridized carbons (Fsp3) is 0.211. The van der Waals surface area contributed by atoms with Crippen molar-refractivity contribution in [3.8, 4) is 11.6 Å². The summed E-state index contributed by atoms with van der Waals surface area (Å²) in [7, 11) is 0. The molecule has 0 unspecified atom stereocenters. The normalized spacial score (nSPS) is 13.8. The van der Waals surface area contributed by atoms with E-state index >= 15 is 0 Å². The Hall–Kier alpha value is -3.37. The van der Waals surface area contributed by atoms with Crippen LogP contribution in [0.5, 0.6) is 11.6 Å². The van der Waals surface area contributed by atoms with E-state index in [1.54, 1.807) is 0 Å². The van der Waals surface area contributed by atoms with Crippen LogP contribution in [0.2, 0.25) is 10.0 Å². The molecule has 162 valence electrons. The number of hydrogen-bond donors (Lipinski definition) is 3. The van der Waals surface area contributed by atoms with Crippen LogP contribution in [0.4, 0.5) is 10.5 Å². The third-order valence-corrected chi connectivity index (χ3v) is 4.76. The second-order valence-corrected chi connectivity index (χ2v) is 7.64. The lowest BCUT2D eigenvalue weighted by molar-refractivity contribution is -0.135. The zero-order valence-electron chi connectivity index (χ0n) is 16.4. The number of hydrogen-bond acceptors (Lipinski definition) is 6. The van der Waals surface area contributed by atoms with E-state index in [4.69, 9.17) is 33.0 Å². The van der Waals surface area contributed by atoms with Crippen molar-refractivity contribution < 1.29 is 19.4 Å². The lowest BCUT2D eigenvalue weighted by Gasteiger charge is -2.25. The predicted molar refractivity (Wildman–Crippen MR) is 115 cm³/mol. The summed E-state index contributed by atoms with van der Waals surface area (Å²) >= 11 is 12.6. The molecule has 0 saturated heterocycles. The molecule has 2 aromatic rings. The van der Waals surface area contributed by atoms with Crippen molar-refractivity contribution in [2.45, 2.75) is 26.2 Å². The Balaban J connectivity index is 1.95. The Morgan fingerprint density at radius 1 is 1.26 bits per heavy atom. The highest BCUT2D eigenvalue weighted by atomic mass is 35.5. The average Bonchev–Trinajstić information content (AvgIpc) is 2.67. The highest BCUT2D eigenvalue weighted by Gasteiger charge is 2.27. The molecule has 1 aliphatic rings. The van der Waals surface area contributed by atoms with Gasteiger partial charge in [0.2, 0.25) is 5.88 Å². The van der Waals surface area contributed by atoms with Crippen LogP contribution in [-0.2, 0) is 4.79 Å². The highest BCUT2D eigenvalue weighted by Crippen LogP contribution is 2.40. The number of amides is 2. The molecule has 0 aliphatic carbocycles. The molecular formula is C19H17Cl2N5O5. The summed E-state index contributed by atoms with van der Waals surface area (Å²) in [4.78, 5) is 35.2. The van der Waals surface area contributed by atoms with Crippen LogP contribution >= 0.6 is 23.2 Å². The fourth-order valence-corrected chi connectivity index (χ4v) is 3.25. The molecule has 12 heteroatoms. The number of nitrogens with one attached hydrogen (secondary N) is 2. The van der Waals surface area contributed by atoms with Gasteiger partial charge in [0, 0.05) is 11.6 Å². The Kier molecular flexibility index (Phi) is 6.32. The summed E-state index contributed by atoms with van der Waals surface area (Å²) in [6.45, 7) is 7.29. The lowest BCUT2D eigenvalue weighted by atomic mass is 10.1. The number of anilines is 1. The number of hydrazone groups is 1. The van der Waals surface area contributed by atoms with Gasteiger partial charge in [0.25, 0.3) is 5.56 Å². The SMILES string of the molecule is C=C1NC(=O)N(c2cc(Cl)c(Oc3cc(C(C)C)c(=O)[nH]n3)c(Cl)c2)N=C1CC(=O)O. The van der Waals surface area contributed by atoms with E-state index in [0.717, 1.165) is 5.01 Å². The van der Waals surface area contributed by atoms with Gasteiger partial charge in [-0.2, -0.15) is 10.1 Å². The number of urea groups is 1. The maximum Gasteiger partial charge on any atom is 0.347 e. The average molecular weight is 466 g/mol. The first-order valence-corrected chi connectivity index (χ1v) is 9.68. The van der Waals surface area contributed by atoms with E-state index in [9.17, 15) is 14.4 Å². The second-order valence-electron chi connectivity index (χ2n) is 6.82. The number of carboxylic acid groups (broad SMARTS) is 1. The van der Waals surface area contributed by atoms with E-state index < -0.39 is 18.4 Å². The van der Waals surface area contributed by atoms with Gasteiger partial charge in [-0.25, -0.2) is 9.89 Å². The van der Waals surface area contributed by atoms with Gasteiger partial charge in [-0.3, -0.25) is 9.59 Å². The minimum atomic E-state index is -1.13. The molecule has 31 heavy (non-hydrogen) atoms. The van der Waals surface area contributed by atoms with Crippen LogP contribution < -0.4 is 20.6 Å². The molecule has 0 saturated carbocycles. The van der Waals surface area contributed by atoms with E-state index in [-0.39, 0.29) is 50.2 Å². The third kappa shape index (κ3) is 4.86. The number of aromatic nitrogens is 2. The first kappa shape index (κ1) is 22.3. The van der Waals surface area contributed by atoms with E-state index in [0.29, 0.717) is 5.56 Å². The molecule has 0 fully saturated rings. The van der Waals surface area contributed by atoms with Crippen LogP contribution in [0.25, 0.3) is 0 Å². The summed E-state index contributed by atoms with van der Waals surface area (Å²) in [6.07, 6.45) is -0.436. The topological polar surface area (TPSA) is 137 Å². The molecule has 1 aliphatic heterocycles. The number of carboxylic acids is 1. The largest absolute Gasteiger partial charge is 0.481 e. The summed E-state index contributed by atoms with van der Waals surface area (Å²) in [5.41, 5.74) is 0.471. The molecule has 3 N–H and O–H groups in total. The fourth-order valence-electron chi connectivity index (χ4n) is 2.69. The number of H-pyrrole nitrogens is 1. The number of carbonyl (C=O) groups excluding carboxylic acids is 1. The molecule has 0 spiro atoms. The molecule has 0 atom stereocenters. The van der Waals surface area contributed by atoms with Crippen molar-refractivity contribution in [1.82, 2.24) is 15.5 Å². The van der Waals surface area contributed by atoms with Crippen LogP contribution in [0, 0.1) is 0 Å².